The molecule has 2 aromatic rings. The van der Waals surface area contributed by atoms with Gasteiger partial charge in [-0.05, 0) is 90.3 Å². The number of aromatic amines is 1. The summed E-state index contributed by atoms with van der Waals surface area (Å²) in [7, 11) is 0. The number of carbonyl (C=O) groups excluding carboxylic acids is 1. The maximum Gasteiger partial charge on any atom is 0.291 e. The smallest absolute Gasteiger partial charge is 0.291 e. The summed E-state index contributed by atoms with van der Waals surface area (Å²) in [6.07, 6.45) is 7.91. The molecule has 1 amide bonds. The van der Waals surface area contributed by atoms with E-state index in [0.717, 1.165) is 48.5 Å². The Kier molecular flexibility index (Phi) is 7.42. The molecule has 0 aliphatic heterocycles. The van der Waals surface area contributed by atoms with Crippen LogP contribution in [0, 0.1) is 12.3 Å². The third kappa shape index (κ3) is 7.02. The second-order valence-electron chi connectivity index (χ2n) is 12.2. The summed E-state index contributed by atoms with van der Waals surface area (Å²) in [5, 5.41) is 3.04. The highest BCUT2D eigenvalue weighted by Gasteiger charge is 2.30. The number of amides is 1. The molecule has 1 unspecified atom stereocenters. The second kappa shape index (κ2) is 9.65. The molecule has 6 heteroatoms. The second-order valence-corrected chi connectivity index (χ2v) is 12.2. The molecule has 0 fully saturated rings. The van der Waals surface area contributed by atoms with Crippen molar-refractivity contribution in [3.8, 4) is 0 Å². The first kappa shape index (κ1) is 26.1. The van der Waals surface area contributed by atoms with Gasteiger partial charge >= 0.3 is 0 Å². The van der Waals surface area contributed by atoms with Crippen LogP contribution in [-0.2, 0) is 4.74 Å². The summed E-state index contributed by atoms with van der Waals surface area (Å²) in [5.41, 5.74) is 4.39. The molecule has 1 aliphatic rings. The first-order valence-electron chi connectivity index (χ1n) is 12.4. The number of nitrogens with one attached hydrogen (secondary N) is 2. The Balaban J connectivity index is 1.91. The molecule has 0 saturated carbocycles. The van der Waals surface area contributed by atoms with Gasteiger partial charge in [-0.2, -0.15) is 0 Å². The Labute approximate surface area is 205 Å². The standard InChI is InChI=1S/C28H42N4O2/c1-18(16-28(8,9)34-26(3,4)5)21-10-11-22(32-25(33)24-29-17-19(2)30-24)23(31-21)20-12-14-27(6,7)15-13-20/h10-12,17-18H,13-16H2,1-9H3,(H,29,30)(H,32,33). The Morgan fingerprint density at radius 1 is 1.21 bits per heavy atom. The van der Waals surface area contributed by atoms with Gasteiger partial charge in [0.15, 0.2) is 5.82 Å². The zero-order valence-electron chi connectivity index (χ0n) is 22.4. The number of aryl methyl sites for hydroxylation is 1. The van der Waals surface area contributed by atoms with Crippen LogP contribution in [0.4, 0.5) is 5.69 Å². The molecule has 2 aromatic heterocycles. The number of imidazole rings is 1. The SMILES string of the molecule is Cc1c[nH]c(C(=O)Nc2ccc(C(C)CC(C)(C)OC(C)(C)C)nc2C2=CCC(C)(C)CC2)n1. The van der Waals surface area contributed by atoms with Crippen molar-refractivity contribution in [3.05, 3.63) is 47.3 Å². The number of hydrogen-bond acceptors (Lipinski definition) is 4. The fraction of sp³-hybridized carbons (Fsp3) is 0.607. The van der Waals surface area contributed by atoms with E-state index in [1.54, 1.807) is 6.20 Å². The van der Waals surface area contributed by atoms with E-state index in [1.165, 1.54) is 5.57 Å². The van der Waals surface area contributed by atoms with Crippen molar-refractivity contribution in [2.24, 2.45) is 5.41 Å². The van der Waals surface area contributed by atoms with Crippen LogP contribution >= 0.6 is 0 Å². The number of ether oxygens (including phenoxy) is 1. The number of pyridine rings is 1. The molecule has 0 spiro atoms. The normalized spacial score (nSPS) is 17.3. The highest BCUT2D eigenvalue weighted by Crippen LogP contribution is 2.40. The van der Waals surface area contributed by atoms with Crippen LogP contribution in [-0.4, -0.2) is 32.1 Å². The van der Waals surface area contributed by atoms with Crippen molar-refractivity contribution < 1.29 is 9.53 Å². The Morgan fingerprint density at radius 2 is 1.91 bits per heavy atom. The van der Waals surface area contributed by atoms with Crippen molar-refractivity contribution >= 4 is 17.2 Å². The van der Waals surface area contributed by atoms with Crippen molar-refractivity contribution in [3.63, 3.8) is 0 Å². The molecule has 186 valence electrons. The predicted octanol–water partition coefficient (Wildman–Crippen LogP) is 7.05. The van der Waals surface area contributed by atoms with Gasteiger partial charge in [-0.15, -0.1) is 0 Å². The quantitative estimate of drug-likeness (QED) is 0.458. The van der Waals surface area contributed by atoms with Crippen LogP contribution in [0.25, 0.3) is 5.57 Å². The lowest BCUT2D eigenvalue weighted by molar-refractivity contribution is -0.118. The molecular formula is C28H42N4O2. The molecule has 1 atom stereocenters. The van der Waals surface area contributed by atoms with E-state index in [1.807, 2.05) is 19.1 Å². The number of allylic oxidation sites excluding steroid dienone is 2. The number of nitrogens with zero attached hydrogens (tertiary/aromatic N) is 2. The lowest BCUT2D eigenvalue weighted by Crippen LogP contribution is -2.36. The number of anilines is 1. The van der Waals surface area contributed by atoms with Gasteiger partial charge < -0.3 is 15.0 Å². The van der Waals surface area contributed by atoms with Crippen LogP contribution < -0.4 is 5.32 Å². The molecular weight excluding hydrogens is 424 g/mol. The minimum atomic E-state index is -0.280. The highest BCUT2D eigenvalue weighted by atomic mass is 16.5. The molecule has 34 heavy (non-hydrogen) atoms. The number of carbonyl (C=O) groups is 1. The highest BCUT2D eigenvalue weighted by molar-refractivity contribution is 6.03. The van der Waals surface area contributed by atoms with E-state index in [2.05, 4.69) is 76.8 Å². The fourth-order valence-electron chi connectivity index (χ4n) is 4.81. The number of H-pyrrole nitrogens is 1. The van der Waals surface area contributed by atoms with Crippen LogP contribution in [0.1, 0.15) is 115 Å². The van der Waals surface area contributed by atoms with E-state index in [9.17, 15) is 4.79 Å². The molecule has 1 aliphatic carbocycles. The Morgan fingerprint density at radius 3 is 2.47 bits per heavy atom. The van der Waals surface area contributed by atoms with Crippen LogP contribution in [0.2, 0.25) is 0 Å². The zero-order valence-corrected chi connectivity index (χ0v) is 22.4. The van der Waals surface area contributed by atoms with E-state index < -0.39 is 0 Å². The molecule has 3 rings (SSSR count). The summed E-state index contributed by atoms with van der Waals surface area (Å²) < 4.78 is 6.31. The number of rotatable bonds is 7. The summed E-state index contributed by atoms with van der Waals surface area (Å²) >= 11 is 0. The lowest BCUT2D eigenvalue weighted by atomic mass is 9.77. The zero-order chi connectivity index (χ0) is 25.3. The van der Waals surface area contributed by atoms with Crippen LogP contribution in [0.15, 0.2) is 24.4 Å². The molecule has 0 bridgehead atoms. The fourth-order valence-corrected chi connectivity index (χ4v) is 4.81. The lowest BCUT2D eigenvalue weighted by Gasteiger charge is -2.35. The Bertz CT molecular complexity index is 1060. The minimum absolute atomic E-state index is 0.203. The van der Waals surface area contributed by atoms with Crippen molar-refractivity contribution in [2.45, 2.75) is 105 Å². The molecule has 2 heterocycles. The summed E-state index contributed by atoms with van der Waals surface area (Å²) in [5.74, 6) is 0.253. The van der Waals surface area contributed by atoms with E-state index in [0.29, 0.717) is 5.82 Å². The average Bonchev–Trinajstić information content (AvgIpc) is 3.12. The first-order chi connectivity index (χ1) is 15.6. The van der Waals surface area contributed by atoms with Crippen molar-refractivity contribution in [1.29, 1.82) is 0 Å². The van der Waals surface area contributed by atoms with E-state index in [4.69, 9.17) is 9.72 Å². The molecule has 0 aromatic carbocycles. The van der Waals surface area contributed by atoms with Crippen LogP contribution in [0.3, 0.4) is 0 Å². The van der Waals surface area contributed by atoms with Crippen LogP contribution in [0.5, 0.6) is 0 Å². The number of aromatic nitrogens is 3. The van der Waals surface area contributed by atoms with Gasteiger partial charge in [0, 0.05) is 17.8 Å². The molecule has 0 saturated heterocycles. The van der Waals surface area contributed by atoms with Gasteiger partial charge in [0.1, 0.15) is 0 Å². The molecule has 2 N–H and O–H groups in total. The summed E-state index contributed by atoms with van der Waals surface area (Å²) in [6, 6.07) is 4.01. The third-order valence-corrected chi connectivity index (χ3v) is 6.25. The summed E-state index contributed by atoms with van der Waals surface area (Å²) in [6.45, 7) is 19.2. The van der Waals surface area contributed by atoms with E-state index >= 15 is 0 Å². The van der Waals surface area contributed by atoms with Gasteiger partial charge in [0.2, 0.25) is 0 Å². The average molecular weight is 467 g/mol. The van der Waals surface area contributed by atoms with Gasteiger partial charge in [0.25, 0.3) is 5.91 Å². The summed E-state index contributed by atoms with van der Waals surface area (Å²) in [4.78, 5) is 25.1. The topological polar surface area (TPSA) is 79.9 Å². The number of hydrogen-bond donors (Lipinski definition) is 2. The largest absolute Gasteiger partial charge is 0.370 e. The third-order valence-electron chi connectivity index (χ3n) is 6.25. The maximum absolute atomic E-state index is 12.8. The monoisotopic (exact) mass is 466 g/mol. The Hall–Kier alpha value is -2.47. The van der Waals surface area contributed by atoms with Crippen molar-refractivity contribution in [2.75, 3.05) is 5.32 Å². The maximum atomic E-state index is 12.8. The molecule has 6 nitrogen and oxygen atoms in total. The van der Waals surface area contributed by atoms with Gasteiger partial charge in [-0.25, -0.2) is 4.98 Å². The minimum Gasteiger partial charge on any atom is -0.370 e. The van der Waals surface area contributed by atoms with Gasteiger partial charge in [-0.3, -0.25) is 9.78 Å². The molecule has 0 radical (unpaired) electrons. The van der Waals surface area contributed by atoms with E-state index in [-0.39, 0.29) is 28.4 Å². The first-order valence-corrected chi connectivity index (χ1v) is 12.4. The van der Waals surface area contributed by atoms with Gasteiger partial charge in [-0.1, -0.05) is 26.8 Å². The predicted molar refractivity (Wildman–Crippen MR) is 139 cm³/mol. The van der Waals surface area contributed by atoms with Crippen molar-refractivity contribution in [1.82, 2.24) is 15.0 Å². The van der Waals surface area contributed by atoms with Gasteiger partial charge in [0.05, 0.1) is 28.3 Å².